The SMILES string of the molecule is CC(=O)N(P)C(C(=O)N1CC(O)CC1C(=O)NC(C)c1ccc(-c2scnc2C)cc1)C(C)(C)C. The molecular formula is C25H35N4O4PS. The summed E-state index contributed by atoms with van der Waals surface area (Å²) >= 11 is 1.59. The molecule has 0 aliphatic carbocycles. The molecular weight excluding hydrogens is 483 g/mol. The van der Waals surface area contributed by atoms with Crippen LogP contribution in [0.1, 0.15) is 58.3 Å². The number of nitrogens with zero attached hydrogens (tertiary/aromatic N) is 3. The Morgan fingerprint density at radius 1 is 1.26 bits per heavy atom. The molecule has 1 aliphatic heterocycles. The fraction of sp³-hybridized carbons (Fsp3) is 0.520. The van der Waals surface area contributed by atoms with Crippen LogP contribution in [0.5, 0.6) is 0 Å². The van der Waals surface area contributed by atoms with Gasteiger partial charge in [-0.15, -0.1) is 11.3 Å². The number of nitrogens with one attached hydrogen (secondary N) is 1. The minimum atomic E-state index is -0.811. The summed E-state index contributed by atoms with van der Waals surface area (Å²) in [7, 11) is 2.32. The summed E-state index contributed by atoms with van der Waals surface area (Å²) in [5.74, 6) is -0.943. The number of aliphatic hydroxyl groups excluding tert-OH is 1. The Hall–Kier alpha value is -2.35. The number of β-amino-alcohol motifs (C(OH)–C–C–N with tert-alkyl or cyclic N) is 1. The van der Waals surface area contributed by atoms with Gasteiger partial charge in [0.15, 0.2) is 0 Å². The molecule has 1 aliphatic rings. The summed E-state index contributed by atoms with van der Waals surface area (Å²) in [4.78, 5) is 45.7. The molecule has 5 unspecified atom stereocenters. The zero-order valence-electron chi connectivity index (χ0n) is 21.1. The summed E-state index contributed by atoms with van der Waals surface area (Å²) in [6, 6.07) is 6.08. The van der Waals surface area contributed by atoms with E-state index >= 15 is 0 Å². The summed E-state index contributed by atoms with van der Waals surface area (Å²) < 4.78 is 1.33. The zero-order chi connectivity index (χ0) is 26.1. The van der Waals surface area contributed by atoms with Crippen molar-refractivity contribution in [2.45, 2.75) is 72.2 Å². The van der Waals surface area contributed by atoms with Gasteiger partial charge in [0.25, 0.3) is 0 Å². The first kappa shape index (κ1) is 27.2. The Bertz CT molecular complexity index is 1080. The van der Waals surface area contributed by atoms with Crippen LogP contribution < -0.4 is 5.32 Å². The first-order chi connectivity index (χ1) is 16.3. The third-order valence-electron chi connectivity index (χ3n) is 6.34. The van der Waals surface area contributed by atoms with Gasteiger partial charge in [0.05, 0.1) is 28.2 Å². The summed E-state index contributed by atoms with van der Waals surface area (Å²) in [5, 5.41) is 13.3. The maximum absolute atomic E-state index is 13.6. The maximum atomic E-state index is 13.6. The Kier molecular flexibility index (Phi) is 8.35. The third kappa shape index (κ3) is 6.08. The molecule has 2 aromatic rings. The van der Waals surface area contributed by atoms with Crippen molar-refractivity contribution in [2.75, 3.05) is 6.54 Å². The molecule has 0 radical (unpaired) electrons. The van der Waals surface area contributed by atoms with Crippen LogP contribution in [0, 0.1) is 12.3 Å². The van der Waals surface area contributed by atoms with Gasteiger partial charge in [-0.3, -0.25) is 14.4 Å². The van der Waals surface area contributed by atoms with Crippen molar-refractivity contribution in [3.8, 4) is 10.4 Å². The van der Waals surface area contributed by atoms with E-state index in [0.29, 0.717) is 0 Å². The molecule has 1 fully saturated rings. The largest absolute Gasteiger partial charge is 0.391 e. The van der Waals surface area contributed by atoms with Crippen LogP contribution in [0.15, 0.2) is 29.8 Å². The quantitative estimate of drug-likeness (QED) is 0.572. The number of carbonyl (C=O) groups is 3. The Morgan fingerprint density at radius 2 is 1.89 bits per heavy atom. The van der Waals surface area contributed by atoms with E-state index in [4.69, 9.17) is 0 Å². The average Bonchev–Trinajstić information content (AvgIpc) is 3.38. The standard InChI is InChI=1S/C25H35N4O4PS/c1-14(17-7-9-18(10-8-17)21-15(2)26-13-35-21)27-23(32)20-11-19(31)12-28(20)24(33)22(25(4,5)6)29(34)16(3)30/h7-10,13-14,19-20,22,31H,11-12,34H2,1-6H3,(H,27,32). The summed E-state index contributed by atoms with van der Waals surface area (Å²) in [6.07, 6.45) is -0.648. The van der Waals surface area contributed by atoms with Crippen LogP contribution in [0.25, 0.3) is 10.4 Å². The van der Waals surface area contributed by atoms with Crippen LogP contribution in [0.4, 0.5) is 0 Å². The number of aryl methyl sites for hydroxylation is 1. The number of hydrogen-bond acceptors (Lipinski definition) is 6. The average molecular weight is 519 g/mol. The molecule has 8 nitrogen and oxygen atoms in total. The van der Waals surface area contributed by atoms with E-state index in [2.05, 4.69) is 19.7 Å². The molecule has 0 bridgehead atoms. The lowest BCUT2D eigenvalue weighted by atomic mass is 9.85. The van der Waals surface area contributed by atoms with Crippen molar-refractivity contribution in [1.29, 1.82) is 0 Å². The van der Waals surface area contributed by atoms with Crippen LogP contribution in [-0.2, 0) is 14.4 Å². The molecule has 35 heavy (non-hydrogen) atoms. The molecule has 190 valence electrons. The van der Waals surface area contributed by atoms with Crippen molar-refractivity contribution in [3.05, 3.63) is 41.0 Å². The number of rotatable bonds is 6. The van der Waals surface area contributed by atoms with Crippen molar-refractivity contribution in [2.24, 2.45) is 5.41 Å². The smallest absolute Gasteiger partial charge is 0.246 e. The fourth-order valence-electron chi connectivity index (χ4n) is 4.45. The monoisotopic (exact) mass is 518 g/mol. The molecule has 1 aromatic carbocycles. The zero-order valence-corrected chi connectivity index (χ0v) is 23.1. The van der Waals surface area contributed by atoms with E-state index in [-0.39, 0.29) is 36.7 Å². The van der Waals surface area contributed by atoms with Crippen molar-refractivity contribution in [3.63, 3.8) is 0 Å². The topological polar surface area (TPSA) is 103 Å². The molecule has 10 heteroatoms. The highest BCUT2D eigenvalue weighted by molar-refractivity contribution is 7.14. The van der Waals surface area contributed by atoms with Crippen molar-refractivity contribution < 1.29 is 19.5 Å². The predicted octanol–water partition coefficient (Wildman–Crippen LogP) is 3.31. The first-order valence-corrected chi connectivity index (χ1v) is 13.0. The molecule has 1 saturated heterocycles. The van der Waals surface area contributed by atoms with Crippen LogP contribution >= 0.6 is 20.7 Å². The molecule has 0 spiro atoms. The Labute approximate surface area is 213 Å². The van der Waals surface area contributed by atoms with E-state index in [0.717, 1.165) is 21.7 Å². The first-order valence-electron chi connectivity index (χ1n) is 11.6. The highest BCUT2D eigenvalue weighted by Crippen LogP contribution is 2.32. The second-order valence-electron chi connectivity index (χ2n) is 10.2. The normalized spacial score (nSPS) is 19.8. The molecule has 3 rings (SSSR count). The summed E-state index contributed by atoms with van der Waals surface area (Å²) in [6.45, 7) is 10.9. The summed E-state index contributed by atoms with van der Waals surface area (Å²) in [5.41, 5.74) is 4.24. The Balaban J connectivity index is 1.75. The van der Waals surface area contributed by atoms with Gasteiger partial charge in [-0.2, -0.15) is 0 Å². The maximum Gasteiger partial charge on any atom is 0.246 e. The molecule has 3 amide bonds. The fourth-order valence-corrected chi connectivity index (χ4v) is 5.83. The lowest BCUT2D eigenvalue weighted by Crippen LogP contribution is -2.56. The molecule has 1 aromatic heterocycles. The highest BCUT2D eigenvalue weighted by atomic mass is 32.1. The number of benzene rings is 1. The number of aromatic nitrogens is 1. The number of hydrogen-bond donors (Lipinski definition) is 2. The predicted molar refractivity (Wildman–Crippen MR) is 140 cm³/mol. The molecule has 5 atom stereocenters. The Morgan fingerprint density at radius 3 is 2.40 bits per heavy atom. The number of thiazole rings is 1. The van der Waals surface area contributed by atoms with E-state index in [9.17, 15) is 19.5 Å². The second-order valence-corrected chi connectivity index (χ2v) is 11.6. The van der Waals surface area contributed by atoms with Crippen molar-refractivity contribution >= 4 is 38.4 Å². The van der Waals surface area contributed by atoms with Gasteiger partial charge in [-0.1, -0.05) is 45.0 Å². The number of likely N-dealkylation sites (tertiary alicyclic amines) is 1. The highest BCUT2D eigenvalue weighted by Gasteiger charge is 2.46. The van der Waals surface area contributed by atoms with Gasteiger partial charge in [-0.25, -0.2) is 4.98 Å². The van der Waals surface area contributed by atoms with Gasteiger partial charge in [-0.05, 0) is 39.8 Å². The molecule has 2 N–H and O–H groups in total. The third-order valence-corrected chi connectivity index (χ3v) is 7.98. The second kappa shape index (κ2) is 10.7. The molecule has 2 heterocycles. The van der Waals surface area contributed by atoms with Gasteiger partial charge in [0.1, 0.15) is 12.1 Å². The number of carbonyl (C=O) groups excluding carboxylic acids is 3. The van der Waals surface area contributed by atoms with E-state index in [1.165, 1.54) is 16.5 Å². The van der Waals surface area contributed by atoms with Crippen LogP contribution in [-0.4, -0.2) is 62.1 Å². The van der Waals surface area contributed by atoms with E-state index in [1.807, 2.05) is 64.4 Å². The van der Waals surface area contributed by atoms with Crippen molar-refractivity contribution in [1.82, 2.24) is 19.9 Å². The minimum Gasteiger partial charge on any atom is -0.391 e. The van der Waals surface area contributed by atoms with E-state index < -0.39 is 23.6 Å². The van der Waals surface area contributed by atoms with Gasteiger partial charge in [0.2, 0.25) is 17.7 Å². The van der Waals surface area contributed by atoms with Gasteiger partial charge in [0, 0.05) is 19.9 Å². The number of amides is 3. The van der Waals surface area contributed by atoms with Gasteiger partial charge < -0.3 is 20.0 Å². The van der Waals surface area contributed by atoms with E-state index in [1.54, 1.807) is 11.3 Å². The minimum absolute atomic E-state index is 0.0528. The lowest BCUT2D eigenvalue weighted by molar-refractivity contribution is -0.147. The van der Waals surface area contributed by atoms with Gasteiger partial charge >= 0.3 is 0 Å². The number of aliphatic hydroxyl groups is 1. The lowest BCUT2D eigenvalue weighted by Gasteiger charge is -2.39. The van der Waals surface area contributed by atoms with Crippen LogP contribution in [0.2, 0.25) is 0 Å². The van der Waals surface area contributed by atoms with Crippen LogP contribution in [0.3, 0.4) is 0 Å². The molecule has 0 saturated carbocycles.